The third-order valence-electron chi connectivity index (χ3n) is 2.78. The minimum Gasteiger partial charge on any atom is -0.497 e. The first kappa shape index (κ1) is 14.5. The number of rotatable bonds is 2. The molecule has 1 heterocycles. The highest BCUT2D eigenvalue weighted by Crippen LogP contribution is 2.45. The van der Waals surface area contributed by atoms with Crippen LogP contribution in [0.15, 0.2) is 18.2 Å². The number of hydrogen-bond acceptors (Lipinski definition) is 3. The van der Waals surface area contributed by atoms with Crippen molar-refractivity contribution in [2.75, 3.05) is 7.11 Å². The van der Waals surface area contributed by atoms with Gasteiger partial charge in [-0.25, -0.2) is 4.79 Å². The van der Waals surface area contributed by atoms with E-state index in [4.69, 9.17) is 21.4 Å². The zero-order valence-corrected chi connectivity index (χ0v) is 10.7. The quantitative estimate of drug-likeness (QED) is 0.912. The lowest BCUT2D eigenvalue weighted by Gasteiger charge is -2.33. The maximum absolute atomic E-state index is 13.0. The summed E-state index contributed by atoms with van der Waals surface area (Å²) in [6.07, 6.45) is -3.70. The minimum atomic E-state index is -5.13. The van der Waals surface area contributed by atoms with E-state index in [9.17, 15) is 18.0 Å². The molecule has 0 amide bonds. The summed E-state index contributed by atoms with van der Waals surface area (Å²) in [5.74, 6) is -2.20. The minimum absolute atomic E-state index is 0.168. The van der Waals surface area contributed by atoms with E-state index >= 15 is 0 Å². The summed E-state index contributed by atoms with van der Waals surface area (Å²) in [6.45, 7) is 0. The van der Waals surface area contributed by atoms with Gasteiger partial charge in [-0.3, -0.25) is 0 Å². The Kier molecular flexibility index (Phi) is 3.33. The summed E-state index contributed by atoms with van der Waals surface area (Å²) in [5, 5.41) is 8.71. The second-order valence-corrected chi connectivity index (χ2v) is 4.41. The first-order chi connectivity index (χ1) is 9.21. The van der Waals surface area contributed by atoms with Crippen molar-refractivity contribution in [2.24, 2.45) is 0 Å². The van der Waals surface area contributed by atoms with Crippen molar-refractivity contribution in [1.29, 1.82) is 0 Å². The predicted octanol–water partition coefficient (Wildman–Crippen LogP) is 3.14. The van der Waals surface area contributed by atoms with Crippen LogP contribution in [0.1, 0.15) is 5.56 Å². The maximum atomic E-state index is 13.0. The van der Waals surface area contributed by atoms with Crippen LogP contribution in [0.2, 0.25) is 5.02 Å². The molecule has 1 aromatic rings. The smallest absolute Gasteiger partial charge is 0.443 e. The standard InChI is InChI=1S/C12H8ClF3O4/c1-19-7-4-6-2-3-11(10(17)18,12(14,15)16)20-9(6)8(13)5-7/h2-5H,1H3,(H,17,18). The fraction of sp³-hybridized carbons (Fsp3) is 0.250. The lowest BCUT2D eigenvalue weighted by atomic mass is 9.97. The van der Waals surface area contributed by atoms with E-state index in [0.29, 0.717) is 11.8 Å². The topological polar surface area (TPSA) is 55.8 Å². The number of methoxy groups -OCH3 is 1. The van der Waals surface area contributed by atoms with E-state index in [0.717, 1.165) is 6.08 Å². The molecule has 1 unspecified atom stereocenters. The van der Waals surface area contributed by atoms with Crippen LogP contribution in [0.4, 0.5) is 13.2 Å². The van der Waals surface area contributed by atoms with E-state index < -0.39 is 17.7 Å². The average molecular weight is 309 g/mol. The number of alkyl halides is 3. The molecule has 0 bridgehead atoms. The third kappa shape index (κ3) is 2.07. The fourth-order valence-electron chi connectivity index (χ4n) is 1.73. The Morgan fingerprint density at radius 3 is 2.60 bits per heavy atom. The van der Waals surface area contributed by atoms with Crippen molar-refractivity contribution < 1.29 is 32.5 Å². The molecular weight excluding hydrogens is 301 g/mol. The number of halogens is 4. The Hall–Kier alpha value is -1.89. The molecule has 1 aromatic carbocycles. The zero-order valence-electron chi connectivity index (χ0n) is 9.99. The van der Waals surface area contributed by atoms with Gasteiger partial charge in [-0.2, -0.15) is 13.2 Å². The van der Waals surface area contributed by atoms with Crippen molar-refractivity contribution in [3.8, 4) is 11.5 Å². The number of ether oxygens (including phenoxy) is 2. The lowest BCUT2D eigenvalue weighted by Crippen LogP contribution is -2.56. The summed E-state index contributed by atoms with van der Waals surface area (Å²) in [6, 6.07) is 2.63. The second-order valence-electron chi connectivity index (χ2n) is 4.00. The van der Waals surface area contributed by atoms with Crippen LogP contribution >= 0.6 is 11.6 Å². The number of carbonyl (C=O) groups is 1. The largest absolute Gasteiger partial charge is 0.497 e. The van der Waals surface area contributed by atoms with E-state index in [1.54, 1.807) is 0 Å². The Morgan fingerprint density at radius 1 is 1.45 bits per heavy atom. The molecule has 108 valence electrons. The average Bonchev–Trinajstić information content (AvgIpc) is 2.36. The summed E-state index contributed by atoms with van der Waals surface area (Å²) in [4.78, 5) is 11.0. The molecule has 1 aliphatic rings. The number of fused-ring (bicyclic) bond motifs is 1. The van der Waals surface area contributed by atoms with Crippen molar-refractivity contribution in [3.63, 3.8) is 0 Å². The molecule has 20 heavy (non-hydrogen) atoms. The molecule has 0 radical (unpaired) electrons. The van der Waals surface area contributed by atoms with Crippen LogP contribution in [0.3, 0.4) is 0 Å². The molecule has 1 N–H and O–H groups in total. The van der Waals surface area contributed by atoms with Crippen LogP contribution < -0.4 is 9.47 Å². The van der Waals surface area contributed by atoms with Crippen molar-refractivity contribution >= 4 is 23.6 Å². The van der Waals surface area contributed by atoms with Crippen molar-refractivity contribution in [3.05, 3.63) is 28.8 Å². The summed E-state index contributed by atoms with van der Waals surface area (Å²) in [5.41, 5.74) is -3.24. The Labute approximate surface area is 116 Å². The molecule has 2 rings (SSSR count). The van der Waals surface area contributed by atoms with Crippen molar-refractivity contribution in [2.45, 2.75) is 11.8 Å². The molecular formula is C12H8ClF3O4. The predicted molar refractivity (Wildman–Crippen MR) is 64.1 cm³/mol. The summed E-state index contributed by atoms with van der Waals surface area (Å²) >= 11 is 5.81. The first-order valence-corrected chi connectivity index (χ1v) is 5.65. The molecule has 0 aromatic heterocycles. The number of aliphatic carboxylic acids is 1. The van der Waals surface area contributed by atoms with Crippen LogP contribution in [0, 0.1) is 0 Å². The second kappa shape index (κ2) is 4.59. The molecule has 1 aliphatic heterocycles. The normalized spacial score (nSPS) is 21.1. The van der Waals surface area contributed by atoms with Crippen LogP contribution in [-0.2, 0) is 4.79 Å². The van der Waals surface area contributed by atoms with Gasteiger partial charge in [-0.1, -0.05) is 17.7 Å². The van der Waals surface area contributed by atoms with Gasteiger partial charge in [-0.15, -0.1) is 0 Å². The molecule has 0 fully saturated rings. The molecule has 8 heteroatoms. The number of carboxylic acid groups (broad SMARTS) is 1. The van der Waals surface area contributed by atoms with Crippen molar-refractivity contribution in [1.82, 2.24) is 0 Å². The van der Waals surface area contributed by atoms with E-state index in [1.807, 2.05) is 0 Å². The Morgan fingerprint density at radius 2 is 2.10 bits per heavy atom. The van der Waals surface area contributed by atoms with E-state index in [1.165, 1.54) is 19.2 Å². The zero-order chi connectivity index (χ0) is 15.1. The molecule has 0 aliphatic carbocycles. The van der Waals surface area contributed by atoms with Gasteiger partial charge in [0.2, 0.25) is 0 Å². The van der Waals surface area contributed by atoms with Gasteiger partial charge in [0.15, 0.2) is 0 Å². The molecule has 0 saturated carbocycles. The highest BCUT2D eigenvalue weighted by atomic mass is 35.5. The molecule has 0 saturated heterocycles. The Bertz CT molecular complexity index is 597. The summed E-state index contributed by atoms with van der Waals surface area (Å²) in [7, 11) is 1.36. The van der Waals surface area contributed by atoms with Crippen LogP contribution in [0.25, 0.3) is 6.08 Å². The van der Waals surface area contributed by atoms with Gasteiger partial charge in [-0.05, 0) is 12.1 Å². The summed E-state index contributed by atoms with van der Waals surface area (Å²) < 4.78 is 48.6. The van der Waals surface area contributed by atoms with Gasteiger partial charge >= 0.3 is 17.7 Å². The van der Waals surface area contributed by atoms with E-state index in [2.05, 4.69) is 4.74 Å². The fourth-order valence-corrected chi connectivity index (χ4v) is 1.98. The Balaban J connectivity index is 2.59. The first-order valence-electron chi connectivity index (χ1n) is 5.27. The van der Waals surface area contributed by atoms with Crippen LogP contribution in [0.5, 0.6) is 11.5 Å². The van der Waals surface area contributed by atoms with Gasteiger partial charge < -0.3 is 14.6 Å². The number of hydrogen-bond donors (Lipinski definition) is 1. The van der Waals surface area contributed by atoms with Gasteiger partial charge in [0.1, 0.15) is 11.5 Å². The molecule has 4 nitrogen and oxygen atoms in total. The number of carboxylic acids is 1. The van der Waals surface area contributed by atoms with Gasteiger partial charge in [0.05, 0.1) is 12.1 Å². The highest BCUT2D eigenvalue weighted by Gasteiger charge is 2.63. The molecule has 0 spiro atoms. The van der Waals surface area contributed by atoms with Crippen LogP contribution in [-0.4, -0.2) is 30.0 Å². The van der Waals surface area contributed by atoms with E-state index in [-0.39, 0.29) is 16.3 Å². The van der Waals surface area contributed by atoms with Gasteiger partial charge in [0.25, 0.3) is 0 Å². The third-order valence-corrected chi connectivity index (χ3v) is 3.06. The number of benzene rings is 1. The monoisotopic (exact) mass is 308 g/mol. The molecule has 1 atom stereocenters. The SMILES string of the molecule is COc1cc(Cl)c2c(c1)C=CC(C(=O)O)(C(F)(F)F)O2. The lowest BCUT2D eigenvalue weighted by molar-refractivity contribution is -0.235. The van der Waals surface area contributed by atoms with Gasteiger partial charge in [0, 0.05) is 11.6 Å². The maximum Gasteiger partial charge on any atom is 0.443 e. The highest BCUT2D eigenvalue weighted by molar-refractivity contribution is 6.32.